The topological polar surface area (TPSA) is 64.3 Å². The van der Waals surface area contributed by atoms with E-state index < -0.39 is 11.8 Å². The molecule has 1 saturated heterocycles. The van der Waals surface area contributed by atoms with E-state index in [0.717, 1.165) is 31.4 Å². The maximum absolute atomic E-state index is 11.3. The van der Waals surface area contributed by atoms with E-state index in [1.165, 1.54) is 10.6 Å². The third-order valence-corrected chi connectivity index (χ3v) is 6.69. The minimum absolute atomic E-state index is 0.189. The molecule has 194 valence electrons. The summed E-state index contributed by atoms with van der Waals surface area (Å²) in [7, 11) is 0. The van der Waals surface area contributed by atoms with E-state index in [1.54, 1.807) is 6.26 Å². The van der Waals surface area contributed by atoms with Crippen molar-refractivity contribution >= 4 is 0 Å². The van der Waals surface area contributed by atoms with Gasteiger partial charge in [0, 0.05) is 13.2 Å². The van der Waals surface area contributed by atoms with Gasteiger partial charge >= 0.3 is 0 Å². The molecule has 2 heterocycles. The van der Waals surface area contributed by atoms with Crippen LogP contribution in [0.3, 0.4) is 0 Å². The Balaban J connectivity index is 1.37. The predicted molar refractivity (Wildman–Crippen MR) is 138 cm³/mol. The molecule has 6 nitrogen and oxygen atoms in total. The summed E-state index contributed by atoms with van der Waals surface area (Å²) in [5, 5.41) is 12.6. The minimum atomic E-state index is -0.749. The zero-order valence-electron chi connectivity index (χ0n) is 21.6. The van der Waals surface area contributed by atoms with Gasteiger partial charge in [-0.15, -0.1) is 0 Å². The molecule has 0 amide bonds. The number of hydrogen-bond acceptors (Lipinski definition) is 6. The highest BCUT2D eigenvalue weighted by Gasteiger charge is 2.50. The predicted octanol–water partition coefficient (Wildman–Crippen LogP) is 6.76. The molecule has 0 saturated carbocycles. The number of benzene rings is 2. The van der Waals surface area contributed by atoms with Crippen molar-refractivity contribution in [1.29, 1.82) is 0 Å². The van der Waals surface area contributed by atoms with Crippen LogP contribution < -0.4 is 0 Å². The van der Waals surface area contributed by atoms with Gasteiger partial charge in [0.1, 0.15) is 17.9 Å². The lowest BCUT2D eigenvalue weighted by atomic mass is 9.90. The third-order valence-electron chi connectivity index (χ3n) is 6.69. The Morgan fingerprint density at radius 2 is 1.56 bits per heavy atom. The van der Waals surface area contributed by atoms with Crippen molar-refractivity contribution in [2.24, 2.45) is 5.92 Å². The molecule has 0 bridgehead atoms. The zero-order valence-corrected chi connectivity index (χ0v) is 21.6. The smallest absolute Gasteiger partial charge is 0.163 e. The van der Waals surface area contributed by atoms with Gasteiger partial charge in [-0.3, -0.25) is 0 Å². The summed E-state index contributed by atoms with van der Waals surface area (Å²) in [4.78, 5) is 0. The molecule has 0 aliphatic carbocycles. The van der Waals surface area contributed by atoms with Crippen molar-refractivity contribution in [2.45, 2.75) is 77.2 Å². The first-order valence-electron chi connectivity index (χ1n) is 12.9. The molecule has 0 unspecified atom stereocenters. The van der Waals surface area contributed by atoms with E-state index in [4.69, 9.17) is 18.6 Å². The van der Waals surface area contributed by atoms with Crippen LogP contribution in [0.15, 0.2) is 83.5 Å². The molecular weight excluding hydrogens is 454 g/mol. The second-order valence-corrected chi connectivity index (χ2v) is 10.1. The van der Waals surface area contributed by atoms with E-state index in [0.29, 0.717) is 18.9 Å². The van der Waals surface area contributed by atoms with Crippen LogP contribution in [-0.2, 0) is 27.4 Å². The molecule has 2 aromatic carbocycles. The summed E-state index contributed by atoms with van der Waals surface area (Å²) >= 11 is 0. The second-order valence-electron chi connectivity index (χ2n) is 10.1. The van der Waals surface area contributed by atoms with Crippen molar-refractivity contribution in [3.05, 3.63) is 95.9 Å². The Kier molecular flexibility index (Phi) is 9.35. The molecule has 0 spiro atoms. The fraction of sp³-hybridized carbons (Fsp3) is 0.467. The van der Waals surface area contributed by atoms with Crippen LogP contribution in [-0.4, -0.2) is 34.9 Å². The number of ether oxygens (including phenoxy) is 3. The van der Waals surface area contributed by atoms with E-state index in [1.807, 2.05) is 74.5 Å². The summed E-state index contributed by atoms with van der Waals surface area (Å²) in [6.07, 6.45) is 4.05. The normalized spacial score (nSPS) is 21.0. The van der Waals surface area contributed by atoms with Crippen LogP contribution in [0.25, 0.3) is 0 Å². The standard InChI is InChI=1S/C30H39NO5/c1-23(13-10-11-19-33-22-25-16-8-5-9-17-25)28-29(36-30(2,3)35-28)27(26-18-12-20-34-26)31(32)21-24-14-6-4-7-15-24/h4-9,12,14-18,20,23,27-29,32H,10-11,13,19,21-22H2,1-3H3/t23-,27-,28-,29-/m0/s1. The number of furan rings is 1. The maximum Gasteiger partial charge on any atom is 0.163 e. The number of unbranched alkanes of at least 4 members (excludes halogenated alkanes) is 1. The average molecular weight is 494 g/mol. The van der Waals surface area contributed by atoms with Crippen molar-refractivity contribution in [1.82, 2.24) is 5.06 Å². The zero-order chi connectivity index (χ0) is 25.4. The van der Waals surface area contributed by atoms with Gasteiger partial charge in [-0.25, -0.2) is 0 Å². The third kappa shape index (κ3) is 7.28. The molecule has 1 aromatic heterocycles. The van der Waals surface area contributed by atoms with Crippen LogP contribution in [0, 0.1) is 5.92 Å². The second kappa shape index (κ2) is 12.7. The van der Waals surface area contributed by atoms with E-state index in [-0.39, 0.29) is 18.1 Å². The molecule has 4 rings (SSSR count). The maximum atomic E-state index is 11.3. The lowest BCUT2D eigenvalue weighted by molar-refractivity contribution is -0.194. The lowest BCUT2D eigenvalue weighted by Gasteiger charge is -2.33. The molecule has 1 aliphatic heterocycles. The fourth-order valence-electron chi connectivity index (χ4n) is 4.91. The van der Waals surface area contributed by atoms with Gasteiger partial charge in [0.2, 0.25) is 0 Å². The highest BCUT2D eigenvalue weighted by atomic mass is 16.8. The number of hydrogen-bond donors (Lipinski definition) is 1. The quantitative estimate of drug-likeness (QED) is 0.210. The molecule has 36 heavy (non-hydrogen) atoms. The molecule has 0 radical (unpaired) electrons. The summed E-state index contributed by atoms with van der Waals surface area (Å²) in [6, 6.07) is 23.4. The number of rotatable bonds is 13. The molecule has 1 N–H and O–H groups in total. The van der Waals surface area contributed by atoms with Gasteiger partial charge in [0.25, 0.3) is 0 Å². The molecule has 6 heteroatoms. The summed E-state index contributed by atoms with van der Waals surface area (Å²) in [5.41, 5.74) is 2.20. The first-order chi connectivity index (χ1) is 17.4. The van der Waals surface area contributed by atoms with Crippen LogP contribution in [0.1, 0.15) is 63.0 Å². The Morgan fingerprint density at radius 3 is 2.22 bits per heavy atom. The first-order valence-corrected chi connectivity index (χ1v) is 12.9. The van der Waals surface area contributed by atoms with E-state index in [9.17, 15) is 5.21 Å². The fourth-order valence-corrected chi connectivity index (χ4v) is 4.91. The van der Waals surface area contributed by atoms with Gasteiger partial charge in [0.15, 0.2) is 5.79 Å². The largest absolute Gasteiger partial charge is 0.467 e. The number of nitrogens with zero attached hydrogens (tertiary/aromatic N) is 1. The lowest BCUT2D eigenvalue weighted by Crippen LogP contribution is -2.41. The summed E-state index contributed by atoms with van der Waals surface area (Å²) in [6.45, 7) is 7.79. The van der Waals surface area contributed by atoms with Crippen molar-refractivity contribution in [3.63, 3.8) is 0 Å². The Bertz CT molecular complexity index is 1010. The van der Waals surface area contributed by atoms with Gasteiger partial charge in [-0.05, 0) is 55.9 Å². The van der Waals surface area contributed by atoms with Crippen molar-refractivity contribution in [3.8, 4) is 0 Å². The molecule has 1 aliphatic rings. The highest BCUT2D eigenvalue weighted by molar-refractivity contribution is 5.16. The number of hydroxylamine groups is 2. The molecule has 1 fully saturated rings. The monoisotopic (exact) mass is 493 g/mol. The Labute approximate surface area is 214 Å². The molecule has 4 atom stereocenters. The highest BCUT2D eigenvalue weighted by Crippen LogP contribution is 2.42. The minimum Gasteiger partial charge on any atom is -0.467 e. The first kappa shape index (κ1) is 26.6. The summed E-state index contributed by atoms with van der Waals surface area (Å²) < 4.78 is 24.4. The summed E-state index contributed by atoms with van der Waals surface area (Å²) in [5.74, 6) is 0.139. The van der Waals surface area contributed by atoms with Gasteiger partial charge in [-0.1, -0.05) is 74.0 Å². The SMILES string of the molecule is C[C@@H](CCCCOCc1ccccc1)[C@@H]1OC(C)(C)O[C@H]1[C@H](c1ccco1)N(O)Cc1ccccc1. The van der Waals surface area contributed by atoms with Gasteiger partial charge < -0.3 is 23.8 Å². The van der Waals surface area contributed by atoms with Crippen LogP contribution in [0.4, 0.5) is 0 Å². The molecule has 3 aromatic rings. The van der Waals surface area contributed by atoms with Gasteiger partial charge in [0.05, 0.1) is 19.0 Å². The van der Waals surface area contributed by atoms with Crippen LogP contribution in [0.2, 0.25) is 0 Å². The van der Waals surface area contributed by atoms with E-state index >= 15 is 0 Å². The average Bonchev–Trinajstić information content (AvgIpc) is 3.50. The van der Waals surface area contributed by atoms with Crippen molar-refractivity contribution in [2.75, 3.05) is 6.61 Å². The van der Waals surface area contributed by atoms with Crippen LogP contribution >= 0.6 is 0 Å². The van der Waals surface area contributed by atoms with Gasteiger partial charge in [-0.2, -0.15) is 5.06 Å². The Hall–Kier alpha value is -2.48. The van der Waals surface area contributed by atoms with Crippen LogP contribution in [0.5, 0.6) is 0 Å². The molecular formula is C30H39NO5. The Morgan fingerprint density at radius 1 is 0.889 bits per heavy atom. The van der Waals surface area contributed by atoms with E-state index in [2.05, 4.69) is 19.1 Å². The van der Waals surface area contributed by atoms with Crippen molar-refractivity contribution < 1.29 is 23.8 Å².